The lowest BCUT2D eigenvalue weighted by Gasteiger charge is -2.24. The molecule has 0 aliphatic carbocycles. The Kier molecular flexibility index (Phi) is 30.6. The summed E-state index contributed by atoms with van der Waals surface area (Å²) in [5, 5.41) is 1.43. The van der Waals surface area contributed by atoms with E-state index in [1.807, 2.05) is 170 Å². The number of ether oxygens (including phenoxy) is 6. The Bertz CT molecular complexity index is 4980. The molecule has 0 saturated heterocycles. The zero-order chi connectivity index (χ0) is 78.5. The molecule has 15 nitrogen and oxygen atoms in total. The second-order valence-electron chi connectivity index (χ2n) is 25.1. The van der Waals surface area contributed by atoms with E-state index >= 15 is 0 Å². The Hall–Kier alpha value is -11.5. The monoisotopic (exact) mass is 1580 g/mol. The SMILES string of the molecule is COc1cc(CN(CCc2ccccn2)C(=O)c2c(Cl)cccc2Cl)ccc1OCc1ccccc1.COc1cc(CN(CCc2ccccn2)C(=O)c2ccc(C(F)(F)F)cc2F)ccc1OCc1ccccc1.COc1cc(CN(CCc2ccccn2)C(=O)c2ccc(Cl)cc2Cl)ccc1OCc1ccccc1. The van der Waals surface area contributed by atoms with E-state index in [2.05, 4.69) is 15.0 Å². The molecule has 0 aliphatic rings. The van der Waals surface area contributed by atoms with Crippen molar-refractivity contribution in [1.29, 1.82) is 0 Å². The fraction of sp³-hybridized carbons (Fsp3) is 0.182. The lowest BCUT2D eigenvalue weighted by Crippen LogP contribution is -2.33. The van der Waals surface area contributed by atoms with E-state index in [0.717, 1.165) is 45.3 Å². The van der Waals surface area contributed by atoms with E-state index in [1.165, 1.54) is 12.0 Å². The van der Waals surface area contributed by atoms with E-state index in [-0.39, 0.29) is 30.5 Å². The second kappa shape index (κ2) is 41.4. The number of halogens is 8. The number of rotatable bonds is 30. The highest BCUT2D eigenvalue weighted by molar-refractivity contribution is 6.39. The minimum atomic E-state index is -4.72. The van der Waals surface area contributed by atoms with Gasteiger partial charge >= 0.3 is 6.18 Å². The second-order valence-corrected chi connectivity index (χ2v) is 26.7. The molecule has 570 valence electrons. The first kappa shape index (κ1) is 82.0. The van der Waals surface area contributed by atoms with Crippen LogP contribution in [0.3, 0.4) is 0 Å². The van der Waals surface area contributed by atoms with Crippen molar-refractivity contribution < 1.29 is 60.4 Å². The smallest absolute Gasteiger partial charge is 0.416 e. The summed E-state index contributed by atoms with van der Waals surface area (Å²) in [7, 11) is 4.70. The predicted octanol–water partition coefficient (Wildman–Crippen LogP) is 20.4. The highest BCUT2D eigenvalue weighted by Crippen LogP contribution is 2.36. The maximum Gasteiger partial charge on any atom is 0.416 e. The Morgan fingerprint density at radius 3 is 1.06 bits per heavy atom. The third-order valence-electron chi connectivity index (χ3n) is 17.3. The predicted molar refractivity (Wildman–Crippen MR) is 424 cm³/mol. The molecule has 3 amide bonds. The quantitative estimate of drug-likeness (QED) is 0.0394. The topological polar surface area (TPSA) is 155 Å². The lowest BCUT2D eigenvalue weighted by atomic mass is 10.1. The summed E-state index contributed by atoms with van der Waals surface area (Å²) in [4.78, 5) is 58.3. The molecule has 0 spiro atoms. The summed E-state index contributed by atoms with van der Waals surface area (Å²) in [5.41, 5.74) is 7.15. The van der Waals surface area contributed by atoms with Crippen LogP contribution in [0.2, 0.25) is 20.1 Å². The summed E-state index contributed by atoms with van der Waals surface area (Å²) >= 11 is 25.1. The van der Waals surface area contributed by atoms with Gasteiger partial charge in [-0.2, -0.15) is 13.2 Å². The Morgan fingerprint density at radius 2 is 0.721 bits per heavy atom. The van der Waals surface area contributed by atoms with Crippen LogP contribution in [-0.4, -0.2) is 88.3 Å². The standard InChI is InChI=1S/C30H26F4N2O3.2C29H26Cl2N2O3/c1-38-28-17-22(10-13-27(28)39-20-21-7-3-2-4-8-21)19-36(16-14-24-9-5-6-15-35-24)29(37)25-12-11-23(18-26(25)31)30(32,33)34;1-35-27-18-22(13-14-26(27)36-20-21-8-3-2-4-9-21)19-33(17-15-23-10-5-6-16-32-23)29(34)28-24(30)11-7-12-25(28)31;1-35-28-17-22(10-13-27(28)36-20-21-7-3-2-4-8-21)19-33(16-14-24-9-5-6-15-32-24)29(34)25-12-11-23(30)18-26(25)31/h2-13,15,17-18H,14,16,19-20H2,1H3;2-14,16,18H,15,17,19-20H2,1H3;2-13,15,17-18H,14,16,19-20H2,1H3. The van der Waals surface area contributed by atoms with Gasteiger partial charge in [0.1, 0.15) is 25.6 Å². The Morgan fingerprint density at radius 1 is 0.360 bits per heavy atom. The molecule has 12 aromatic rings. The normalized spacial score (nSPS) is 10.8. The van der Waals surface area contributed by atoms with Crippen molar-refractivity contribution in [2.24, 2.45) is 0 Å². The van der Waals surface area contributed by atoms with E-state index in [9.17, 15) is 31.9 Å². The zero-order valence-electron chi connectivity index (χ0n) is 60.8. The van der Waals surface area contributed by atoms with E-state index < -0.39 is 29.0 Å². The third-order valence-corrected chi connectivity index (χ3v) is 18.5. The molecule has 0 unspecified atom stereocenters. The number of hydrogen-bond donors (Lipinski definition) is 0. The van der Waals surface area contributed by atoms with Crippen molar-refractivity contribution in [2.45, 2.75) is 64.9 Å². The lowest BCUT2D eigenvalue weighted by molar-refractivity contribution is -0.137. The number of nitrogens with zero attached hydrogens (tertiary/aromatic N) is 6. The van der Waals surface area contributed by atoms with Crippen LogP contribution in [0.5, 0.6) is 34.5 Å². The average molecular weight is 1580 g/mol. The van der Waals surface area contributed by atoms with E-state index in [1.54, 1.807) is 109 Å². The van der Waals surface area contributed by atoms with Gasteiger partial charge in [0.25, 0.3) is 17.7 Å². The number of amides is 3. The van der Waals surface area contributed by atoms with Crippen molar-refractivity contribution in [3.8, 4) is 34.5 Å². The summed E-state index contributed by atoms with van der Waals surface area (Å²) in [5.74, 6) is 1.01. The van der Waals surface area contributed by atoms with Crippen LogP contribution in [0.4, 0.5) is 17.6 Å². The van der Waals surface area contributed by atoms with Gasteiger partial charge < -0.3 is 43.1 Å². The molecule has 0 aliphatic heterocycles. The first-order valence-electron chi connectivity index (χ1n) is 35.2. The van der Waals surface area contributed by atoms with Crippen LogP contribution in [0.15, 0.2) is 273 Å². The van der Waals surface area contributed by atoms with Gasteiger partial charge in [0.15, 0.2) is 34.5 Å². The molecular formula is C88H78Cl4F4N6O9. The van der Waals surface area contributed by atoms with Gasteiger partial charge in [-0.05, 0) is 155 Å². The number of hydrogen-bond acceptors (Lipinski definition) is 12. The first-order chi connectivity index (χ1) is 53.8. The fourth-order valence-corrected chi connectivity index (χ4v) is 12.6. The largest absolute Gasteiger partial charge is 0.493 e. The van der Waals surface area contributed by atoms with Gasteiger partial charge in [0, 0.05) is 99.2 Å². The summed E-state index contributed by atoms with van der Waals surface area (Å²) in [6.45, 7) is 3.00. The van der Waals surface area contributed by atoms with Crippen LogP contribution < -0.4 is 28.4 Å². The van der Waals surface area contributed by atoms with Gasteiger partial charge in [0.05, 0.1) is 58.7 Å². The zero-order valence-corrected chi connectivity index (χ0v) is 63.9. The number of alkyl halides is 3. The molecule has 0 N–H and O–H groups in total. The van der Waals surface area contributed by atoms with Crippen molar-refractivity contribution >= 4 is 64.1 Å². The van der Waals surface area contributed by atoms with Gasteiger partial charge in [-0.15, -0.1) is 0 Å². The van der Waals surface area contributed by atoms with Crippen molar-refractivity contribution in [1.82, 2.24) is 29.7 Å². The molecule has 3 heterocycles. The van der Waals surface area contributed by atoms with E-state index in [0.29, 0.717) is 149 Å². The molecule has 111 heavy (non-hydrogen) atoms. The van der Waals surface area contributed by atoms with Crippen molar-refractivity contribution in [3.63, 3.8) is 0 Å². The highest BCUT2D eigenvalue weighted by Gasteiger charge is 2.33. The molecule has 23 heteroatoms. The minimum Gasteiger partial charge on any atom is -0.493 e. The number of pyridine rings is 3. The summed E-state index contributed by atoms with van der Waals surface area (Å²) < 4.78 is 88.3. The maximum atomic E-state index is 14.7. The van der Waals surface area contributed by atoms with Gasteiger partial charge in [-0.25, -0.2) is 4.39 Å². The third kappa shape index (κ3) is 24.5. The number of methoxy groups -OCH3 is 3. The molecule has 0 radical (unpaired) electrons. The molecule has 0 atom stereocenters. The van der Waals surface area contributed by atoms with Gasteiger partial charge in [-0.3, -0.25) is 29.3 Å². The van der Waals surface area contributed by atoms with Crippen molar-refractivity contribution in [3.05, 3.63) is 372 Å². The molecule has 0 saturated carbocycles. The van der Waals surface area contributed by atoms with Crippen LogP contribution in [0.25, 0.3) is 0 Å². The molecular weight excluding hydrogens is 1500 g/mol. The van der Waals surface area contributed by atoms with Gasteiger partial charge in [-0.1, -0.05) is 180 Å². The fourth-order valence-electron chi connectivity index (χ4n) is 11.5. The number of carbonyl (C=O) groups is 3. The minimum absolute atomic E-state index is 0.0570. The number of carbonyl (C=O) groups excluding carboxylic acids is 3. The summed E-state index contributed by atoms with van der Waals surface area (Å²) in [6.07, 6.45) is 1.95. The molecule has 12 rings (SSSR count). The molecule has 3 aromatic heterocycles. The molecule has 9 aromatic carbocycles. The van der Waals surface area contributed by atoms with Crippen LogP contribution >= 0.6 is 46.4 Å². The van der Waals surface area contributed by atoms with Crippen LogP contribution in [-0.2, 0) is 64.9 Å². The number of aromatic nitrogens is 3. The van der Waals surface area contributed by atoms with Gasteiger partial charge in [0.2, 0.25) is 0 Å². The number of benzene rings is 9. The van der Waals surface area contributed by atoms with Crippen LogP contribution in [0.1, 0.15) is 87.1 Å². The van der Waals surface area contributed by atoms with E-state index in [4.69, 9.17) is 74.8 Å². The maximum absolute atomic E-state index is 14.7. The van der Waals surface area contributed by atoms with Crippen LogP contribution in [0, 0.1) is 5.82 Å². The average Bonchev–Trinajstić information content (AvgIpc) is 0.819. The highest BCUT2D eigenvalue weighted by atomic mass is 35.5. The Balaban J connectivity index is 0.000000177. The molecule has 0 bridgehead atoms. The Labute approximate surface area is 662 Å². The first-order valence-corrected chi connectivity index (χ1v) is 36.7. The summed E-state index contributed by atoms with van der Waals surface area (Å²) in [6, 6.07) is 74.7. The molecule has 0 fully saturated rings. The van der Waals surface area contributed by atoms with Crippen molar-refractivity contribution in [2.75, 3.05) is 41.0 Å².